The summed E-state index contributed by atoms with van der Waals surface area (Å²) in [5, 5.41) is 8.16. The van der Waals surface area contributed by atoms with E-state index in [1.165, 1.54) is 17.4 Å². The van der Waals surface area contributed by atoms with Crippen LogP contribution in [0.4, 0.5) is 10.3 Å². The van der Waals surface area contributed by atoms with Gasteiger partial charge in [0.15, 0.2) is 5.69 Å². The van der Waals surface area contributed by atoms with Crippen molar-refractivity contribution in [2.75, 3.05) is 18.4 Å². The highest BCUT2D eigenvalue weighted by Gasteiger charge is 2.35. The van der Waals surface area contributed by atoms with E-state index < -0.39 is 5.82 Å². The number of halogens is 1. The van der Waals surface area contributed by atoms with Crippen LogP contribution in [0.1, 0.15) is 61.6 Å². The maximum absolute atomic E-state index is 13.6. The number of nitrogens with zero attached hydrogens (tertiary/aromatic N) is 4. The zero-order chi connectivity index (χ0) is 24.5. The van der Waals surface area contributed by atoms with E-state index in [1.807, 2.05) is 18.4 Å². The molecule has 1 aliphatic carbocycles. The van der Waals surface area contributed by atoms with Crippen molar-refractivity contribution < 1.29 is 14.0 Å². The third-order valence-corrected chi connectivity index (χ3v) is 7.89. The Morgan fingerprint density at radius 1 is 1.17 bits per heavy atom. The smallest absolute Gasteiger partial charge is 0.274 e. The van der Waals surface area contributed by atoms with Gasteiger partial charge in [0.2, 0.25) is 11.9 Å². The molecule has 2 aliphatic rings. The average Bonchev–Trinajstić information content (AvgIpc) is 3.29. The Hall–Kier alpha value is -3.14. The van der Waals surface area contributed by atoms with Crippen LogP contribution in [0.5, 0.6) is 0 Å². The molecule has 2 fully saturated rings. The van der Waals surface area contributed by atoms with Crippen molar-refractivity contribution in [3.05, 3.63) is 47.0 Å². The fraction of sp³-hybridized carbons (Fsp3) is 0.480. The number of hydrogen-bond donors (Lipinski definition) is 2. The summed E-state index contributed by atoms with van der Waals surface area (Å²) in [4.78, 5) is 40.6. The van der Waals surface area contributed by atoms with Crippen LogP contribution in [-0.2, 0) is 4.79 Å². The van der Waals surface area contributed by atoms with Crippen molar-refractivity contribution in [1.82, 2.24) is 25.2 Å². The molecule has 1 saturated carbocycles. The first-order valence-corrected chi connectivity index (χ1v) is 13.0. The van der Waals surface area contributed by atoms with Crippen LogP contribution >= 0.6 is 11.3 Å². The number of anilines is 1. The molecule has 5 rings (SSSR count). The van der Waals surface area contributed by atoms with Gasteiger partial charge in [-0.3, -0.25) is 14.6 Å². The van der Waals surface area contributed by atoms with Crippen molar-refractivity contribution in [2.45, 2.75) is 51.6 Å². The maximum atomic E-state index is 13.6. The Morgan fingerprint density at radius 3 is 2.69 bits per heavy atom. The van der Waals surface area contributed by atoms with E-state index in [2.05, 4.69) is 32.5 Å². The zero-order valence-corrected chi connectivity index (χ0v) is 20.6. The van der Waals surface area contributed by atoms with Gasteiger partial charge in [0, 0.05) is 25.2 Å². The van der Waals surface area contributed by atoms with Gasteiger partial charge in [-0.05, 0) is 61.6 Å². The highest BCUT2D eigenvalue weighted by Crippen LogP contribution is 2.30. The van der Waals surface area contributed by atoms with Crippen LogP contribution in [0.3, 0.4) is 0 Å². The fourth-order valence-corrected chi connectivity index (χ4v) is 5.55. The lowest BCUT2D eigenvalue weighted by Crippen LogP contribution is -2.61. The molecule has 1 aliphatic heterocycles. The number of aromatic nitrogens is 3. The predicted octanol–water partition coefficient (Wildman–Crippen LogP) is 4.17. The molecule has 2 amide bonds. The number of pyridine rings is 1. The van der Waals surface area contributed by atoms with E-state index >= 15 is 0 Å². The van der Waals surface area contributed by atoms with Gasteiger partial charge in [-0.25, -0.2) is 14.4 Å². The van der Waals surface area contributed by atoms with Gasteiger partial charge in [-0.1, -0.05) is 6.92 Å². The molecule has 10 heteroatoms. The van der Waals surface area contributed by atoms with Gasteiger partial charge >= 0.3 is 0 Å². The summed E-state index contributed by atoms with van der Waals surface area (Å²) >= 11 is 1.42. The summed E-state index contributed by atoms with van der Waals surface area (Å²) < 4.78 is 14.3. The maximum Gasteiger partial charge on any atom is 0.274 e. The first-order valence-electron chi connectivity index (χ1n) is 12.1. The molecule has 1 unspecified atom stereocenters. The van der Waals surface area contributed by atoms with Crippen molar-refractivity contribution >= 4 is 39.3 Å². The summed E-state index contributed by atoms with van der Waals surface area (Å²) in [6.45, 7) is 5.04. The first-order chi connectivity index (χ1) is 16.9. The molecule has 3 aromatic heterocycles. The lowest BCUT2D eigenvalue weighted by atomic mass is 9.82. The number of thiophene rings is 1. The number of carbonyl (C=O) groups excluding carboxylic acids is 2. The molecule has 2 N–H and O–H groups in total. The van der Waals surface area contributed by atoms with Gasteiger partial charge in [-0.15, -0.1) is 11.3 Å². The number of hydrogen-bond acceptors (Lipinski definition) is 7. The third kappa shape index (κ3) is 5.12. The normalized spacial score (nSPS) is 21.4. The van der Waals surface area contributed by atoms with Gasteiger partial charge in [-0.2, -0.15) is 0 Å². The molecule has 0 aromatic carbocycles. The van der Waals surface area contributed by atoms with E-state index in [4.69, 9.17) is 0 Å². The number of amides is 2. The predicted molar refractivity (Wildman–Crippen MR) is 133 cm³/mol. The standard InChI is InChI=1S/C25H29FN6O2S/c1-14-3-5-16(6-4-14)23(33)29-19-12-32(13-19)24(34)21-22-20(7-8-35-22)30-25(31-21)28-15(2)17-9-18(26)11-27-10-17/h7-11,14-16,19H,3-6,12-13H2,1-2H3,(H,29,33)(H,28,30,31)/t14-,15?,16-. The second-order valence-electron chi connectivity index (χ2n) is 9.71. The number of likely N-dealkylation sites (tertiary alicyclic amines) is 1. The quantitative estimate of drug-likeness (QED) is 0.532. The van der Waals surface area contributed by atoms with Gasteiger partial charge in [0.1, 0.15) is 5.82 Å². The molecule has 1 saturated heterocycles. The molecule has 8 nitrogen and oxygen atoms in total. The second-order valence-corrected chi connectivity index (χ2v) is 10.6. The molecular weight excluding hydrogens is 467 g/mol. The lowest BCUT2D eigenvalue weighted by Gasteiger charge is -2.40. The van der Waals surface area contributed by atoms with Crippen molar-refractivity contribution in [3.8, 4) is 0 Å². The zero-order valence-electron chi connectivity index (χ0n) is 19.8. The third-order valence-electron chi connectivity index (χ3n) is 6.98. The Balaban J connectivity index is 1.24. The summed E-state index contributed by atoms with van der Waals surface area (Å²) in [6, 6.07) is 2.93. The minimum absolute atomic E-state index is 0.0236. The first kappa shape index (κ1) is 23.6. The van der Waals surface area contributed by atoms with Crippen LogP contribution < -0.4 is 10.6 Å². The van der Waals surface area contributed by atoms with E-state index in [0.29, 0.717) is 41.7 Å². The van der Waals surface area contributed by atoms with Crippen molar-refractivity contribution in [2.24, 2.45) is 11.8 Å². The highest BCUT2D eigenvalue weighted by atomic mass is 32.1. The number of rotatable bonds is 6. The molecule has 184 valence electrons. The van der Waals surface area contributed by atoms with E-state index in [9.17, 15) is 14.0 Å². The molecule has 0 spiro atoms. The fourth-order valence-electron chi connectivity index (χ4n) is 4.74. The Morgan fingerprint density at radius 2 is 1.94 bits per heavy atom. The largest absolute Gasteiger partial charge is 0.350 e. The lowest BCUT2D eigenvalue weighted by molar-refractivity contribution is -0.127. The van der Waals surface area contributed by atoms with Crippen LogP contribution in [-0.4, -0.2) is 50.8 Å². The number of nitrogens with one attached hydrogen (secondary N) is 2. The Kier molecular flexibility index (Phi) is 6.64. The highest BCUT2D eigenvalue weighted by molar-refractivity contribution is 7.17. The van der Waals surface area contributed by atoms with Crippen LogP contribution in [0.15, 0.2) is 29.9 Å². The average molecular weight is 497 g/mol. The SMILES string of the molecule is CC(Nc1nc(C(=O)N2CC(NC(=O)[C@H]3CC[C@H](C)CC3)C2)c2sccc2n1)c1cncc(F)c1. The Labute approximate surface area is 207 Å². The van der Waals surface area contributed by atoms with E-state index in [0.717, 1.165) is 36.6 Å². The Bertz CT molecular complexity index is 1240. The topological polar surface area (TPSA) is 100 Å². The molecule has 1 atom stereocenters. The monoisotopic (exact) mass is 496 g/mol. The summed E-state index contributed by atoms with van der Waals surface area (Å²) in [5.74, 6) is 0.605. The summed E-state index contributed by atoms with van der Waals surface area (Å²) in [7, 11) is 0. The van der Waals surface area contributed by atoms with E-state index in [1.54, 1.807) is 11.1 Å². The number of carbonyl (C=O) groups is 2. The van der Waals surface area contributed by atoms with Crippen molar-refractivity contribution in [1.29, 1.82) is 0 Å². The molecule has 4 heterocycles. The van der Waals surface area contributed by atoms with Crippen molar-refractivity contribution in [3.63, 3.8) is 0 Å². The molecule has 3 aromatic rings. The second kappa shape index (κ2) is 9.85. The van der Waals surface area contributed by atoms with Gasteiger partial charge in [0.25, 0.3) is 5.91 Å². The van der Waals surface area contributed by atoms with Crippen LogP contribution in [0.25, 0.3) is 10.2 Å². The van der Waals surface area contributed by atoms with Crippen LogP contribution in [0.2, 0.25) is 0 Å². The molecule has 0 radical (unpaired) electrons. The molecular formula is C25H29FN6O2S. The number of fused-ring (bicyclic) bond motifs is 1. The van der Waals surface area contributed by atoms with Crippen LogP contribution in [0, 0.1) is 17.7 Å². The van der Waals surface area contributed by atoms with Gasteiger partial charge in [0.05, 0.1) is 28.5 Å². The molecule has 35 heavy (non-hydrogen) atoms. The minimum atomic E-state index is -0.418. The minimum Gasteiger partial charge on any atom is -0.350 e. The summed E-state index contributed by atoms with van der Waals surface area (Å²) in [5.41, 5.74) is 1.67. The molecule has 0 bridgehead atoms. The summed E-state index contributed by atoms with van der Waals surface area (Å²) in [6.07, 6.45) is 6.82. The van der Waals surface area contributed by atoms with Gasteiger partial charge < -0.3 is 15.5 Å². The van der Waals surface area contributed by atoms with E-state index in [-0.39, 0.29) is 29.8 Å².